The molecule has 0 radical (unpaired) electrons. The first-order valence-corrected chi connectivity index (χ1v) is 7.18. The molecule has 1 atom stereocenters. The highest BCUT2D eigenvalue weighted by Gasteiger charge is 2.29. The molecule has 1 aromatic rings. The number of hydrogen-bond acceptors (Lipinski definition) is 1. The van der Waals surface area contributed by atoms with Gasteiger partial charge in [-0.25, -0.2) is 0 Å². The topological polar surface area (TPSA) is 20.2 Å². The zero-order chi connectivity index (χ0) is 13.8. The van der Waals surface area contributed by atoms with E-state index in [1.807, 2.05) is 0 Å². The van der Waals surface area contributed by atoms with Crippen LogP contribution in [0.15, 0.2) is 24.3 Å². The van der Waals surface area contributed by atoms with E-state index < -0.39 is 0 Å². The van der Waals surface area contributed by atoms with Crippen molar-refractivity contribution in [3.63, 3.8) is 0 Å². The van der Waals surface area contributed by atoms with Crippen LogP contribution in [0, 0.1) is 0 Å². The number of benzene rings is 1. The van der Waals surface area contributed by atoms with Crippen LogP contribution in [-0.4, -0.2) is 11.2 Å². The van der Waals surface area contributed by atoms with Gasteiger partial charge in [0.15, 0.2) is 0 Å². The van der Waals surface area contributed by atoms with Crippen LogP contribution in [0.3, 0.4) is 0 Å². The first kappa shape index (κ1) is 15.2. The second-order valence-corrected chi connectivity index (χ2v) is 6.16. The van der Waals surface area contributed by atoms with E-state index in [0.717, 1.165) is 19.3 Å². The lowest BCUT2D eigenvalue weighted by Gasteiger charge is -2.31. The minimum Gasteiger partial charge on any atom is -0.392 e. The summed E-state index contributed by atoms with van der Waals surface area (Å²) in [7, 11) is 0. The Balaban J connectivity index is 2.83. The fourth-order valence-corrected chi connectivity index (χ4v) is 2.25. The number of aliphatic hydroxyl groups excluding tert-OH is 1. The van der Waals surface area contributed by atoms with Gasteiger partial charge in [-0.1, -0.05) is 71.7 Å². The highest BCUT2D eigenvalue weighted by atomic mass is 16.3. The molecular formula is C17H28O. The predicted octanol–water partition coefficient (Wildman–Crippen LogP) is 4.64. The third-order valence-electron chi connectivity index (χ3n) is 3.99. The Hall–Kier alpha value is -0.820. The summed E-state index contributed by atoms with van der Waals surface area (Å²) in [5.74, 6) is 0.562. The average Bonchev–Trinajstić information content (AvgIpc) is 2.35. The van der Waals surface area contributed by atoms with Crippen molar-refractivity contribution in [2.45, 2.75) is 71.3 Å². The van der Waals surface area contributed by atoms with Crippen molar-refractivity contribution in [1.82, 2.24) is 0 Å². The quantitative estimate of drug-likeness (QED) is 0.777. The van der Waals surface area contributed by atoms with Gasteiger partial charge in [0.25, 0.3) is 0 Å². The van der Waals surface area contributed by atoms with E-state index in [0.29, 0.717) is 5.92 Å². The van der Waals surface area contributed by atoms with Crippen LogP contribution in [0.4, 0.5) is 0 Å². The zero-order valence-electron chi connectivity index (χ0n) is 12.5. The minimum absolute atomic E-state index is 0.162. The van der Waals surface area contributed by atoms with Crippen molar-refractivity contribution in [3.05, 3.63) is 35.4 Å². The molecule has 1 nitrogen and oxygen atoms in total. The average molecular weight is 248 g/mol. The van der Waals surface area contributed by atoms with E-state index in [-0.39, 0.29) is 11.5 Å². The lowest BCUT2D eigenvalue weighted by molar-refractivity contribution is 0.0890. The van der Waals surface area contributed by atoms with Gasteiger partial charge in [0.1, 0.15) is 0 Å². The Labute approximate surface area is 112 Å². The first-order valence-electron chi connectivity index (χ1n) is 7.18. The van der Waals surface area contributed by atoms with Gasteiger partial charge in [0.05, 0.1) is 6.10 Å². The molecule has 1 rings (SSSR count). The minimum atomic E-state index is -0.262. The van der Waals surface area contributed by atoms with Gasteiger partial charge >= 0.3 is 0 Å². The van der Waals surface area contributed by atoms with E-state index in [9.17, 15) is 5.11 Å². The normalized spacial score (nSPS) is 13.9. The third-order valence-corrected chi connectivity index (χ3v) is 3.99. The Kier molecular flexibility index (Phi) is 5.40. The van der Waals surface area contributed by atoms with Gasteiger partial charge in [-0.05, 0) is 23.5 Å². The Morgan fingerprint density at radius 1 is 1.11 bits per heavy atom. The second kappa shape index (κ2) is 6.38. The van der Waals surface area contributed by atoms with E-state index in [1.54, 1.807) is 0 Å². The maximum Gasteiger partial charge on any atom is 0.0631 e. The van der Waals surface area contributed by atoms with Crippen LogP contribution in [0.5, 0.6) is 0 Å². The van der Waals surface area contributed by atoms with Crippen LogP contribution in [0.1, 0.15) is 70.9 Å². The molecule has 1 heteroatoms. The zero-order valence-corrected chi connectivity index (χ0v) is 12.5. The van der Waals surface area contributed by atoms with Gasteiger partial charge in [0.2, 0.25) is 0 Å². The first-order chi connectivity index (χ1) is 8.39. The molecule has 0 aliphatic carbocycles. The number of aliphatic hydroxyl groups is 1. The molecule has 1 N–H and O–H groups in total. The van der Waals surface area contributed by atoms with Gasteiger partial charge in [-0.2, -0.15) is 0 Å². The fourth-order valence-electron chi connectivity index (χ4n) is 2.25. The van der Waals surface area contributed by atoms with Gasteiger partial charge in [-0.3, -0.25) is 0 Å². The number of rotatable bonds is 6. The number of unbranched alkanes of at least 4 members (excludes halogenated alkanes) is 1. The lowest BCUT2D eigenvalue weighted by atomic mass is 9.77. The van der Waals surface area contributed by atoms with Crippen molar-refractivity contribution in [2.24, 2.45) is 0 Å². The molecule has 0 bridgehead atoms. The summed E-state index contributed by atoms with van der Waals surface area (Å²) in [6, 6.07) is 8.72. The Morgan fingerprint density at radius 3 is 2.11 bits per heavy atom. The fraction of sp³-hybridized carbons (Fsp3) is 0.647. The van der Waals surface area contributed by atoms with E-state index >= 15 is 0 Å². The molecule has 0 aliphatic heterocycles. The summed E-state index contributed by atoms with van der Waals surface area (Å²) in [5.41, 5.74) is 2.43. The molecule has 18 heavy (non-hydrogen) atoms. The van der Waals surface area contributed by atoms with Crippen molar-refractivity contribution >= 4 is 0 Å². The molecule has 0 spiro atoms. The van der Waals surface area contributed by atoms with Crippen LogP contribution < -0.4 is 0 Å². The van der Waals surface area contributed by atoms with Crippen LogP contribution >= 0.6 is 0 Å². The largest absolute Gasteiger partial charge is 0.392 e. The molecule has 0 amide bonds. The summed E-state index contributed by atoms with van der Waals surface area (Å²) in [4.78, 5) is 0. The van der Waals surface area contributed by atoms with Gasteiger partial charge in [-0.15, -0.1) is 0 Å². The van der Waals surface area contributed by atoms with Gasteiger partial charge < -0.3 is 5.11 Å². The molecular weight excluding hydrogens is 220 g/mol. The molecule has 0 saturated carbocycles. The van der Waals surface area contributed by atoms with Crippen molar-refractivity contribution < 1.29 is 5.11 Å². The summed E-state index contributed by atoms with van der Waals surface area (Å²) in [6.45, 7) is 10.8. The molecule has 0 heterocycles. The Bertz CT molecular complexity index is 348. The van der Waals surface area contributed by atoms with E-state index in [2.05, 4.69) is 58.9 Å². The summed E-state index contributed by atoms with van der Waals surface area (Å²) < 4.78 is 0. The van der Waals surface area contributed by atoms with Crippen LogP contribution in [-0.2, 0) is 5.41 Å². The maximum absolute atomic E-state index is 10.3. The standard InChI is InChI=1S/C17H28O/c1-6-7-8-16(18)17(4,5)15-11-9-14(10-12-15)13(2)3/h9-13,16,18H,6-8H2,1-5H3. The van der Waals surface area contributed by atoms with E-state index in [4.69, 9.17) is 0 Å². The van der Waals surface area contributed by atoms with Crippen molar-refractivity contribution in [2.75, 3.05) is 0 Å². The predicted molar refractivity (Wildman–Crippen MR) is 79.1 cm³/mol. The molecule has 0 saturated heterocycles. The SMILES string of the molecule is CCCCC(O)C(C)(C)c1ccc(C(C)C)cc1. The maximum atomic E-state index is 10.3. The number of hydrogen-bond donors (Lipinski definition) is 1. The third kappa shape index (κ3) is 3.58. The lowest BCUT2D eigenvalue weighted by Crippen LogP contribution is -2.33. The highest BCUT2D eigenvalue weighted by Crippen LogP contribution is 2.30. The van der Waals surface area contributed by atoms with E-state index in [1.165, 1.54) is 11.1 Å². The summed E-state index contributed by atoms with van der Waals surface area (Å²) >= 11 is 0. The smallest absolute Gasteiger partial charge is 0.0631 e. The summed E-state index contributed by atoms with van der Waals surface area (Å²) in [5, 5.41) is 10.3. The Morgan fingerprint density at radius 2 is 1.67 bits per heavy atom. The molecule has 0 fully saturated rings. The molecule has 0 aromatic heterocycles. The van der Waals surface area contributed by atoms with Gasteiger partial charge in [0, 0.05) is 5.41 Å². The second-order valence-electron chi connectivity index (χ2n) is 6.16. The summed E-state index contributed by atoms with van der Waals surface area (Å²) in [6.07, 6.45) is 2.85. The van der Waals surface area contributed by atoms with Crippen LogP contribution in [0.2, 0.25) is 0 Å². The van der Waals surface area contributed by atoms with Crippen molar-refractivity contribution in [1.29, 1.82) is 0 Å². The monoisotopic (exact) mass is 248 g/mol. The molecule has 0 aliphatic rings. The van der Waals surface area contributed by atoms with Crippen LogP contribution in [0.25, 0.3) is 0 Å². The molecule has 1 unspecified atom stereocenters. The van der Waals surface area contributed by atoms with Crippen molar-refractivity contribution in [3.8, 4) is 0 Å². The molecule has 1 aromatic carbocycles. The highest BCUT2D eigenvalue weighted by molar-refractivity contribution is 5.30. The molecule has 102 valence electrons.